The molecule has 0 fully saturated rings. The van der Waals surface area contributed by atoms with E-state index < -0.39 is 4.92 Å². The predicted octanol–water partition coefficient (Wildman–Crippen LogP) is 2.15. The third-order valence-electron chi connectivity index (χ3n) is 1.98. The van der Waals surface area contributed by atoms with Gasteiger partial charge in [-0.1, -0.05) is 28.1 Å². The summed E-state index contributed by atoms with van der Waals surface area (Å²) in [6, 6.07) is 6.34. The fraction of sp³-hybridized carbons (Fsp3) is 0.111. The number of benzene rings is 1. The molecular weight excluding hydrogens is 262 g/mol. The molecule has 0 amide bonds. The van der Waals surface area contributed by atoms with Crippen LogP contribution in [0.2, 0.25) is 0 Å². The van der Waals surface area contributed by atoms with Crippen LogP contribution in [-0.4, -0.2) is 21.7 Å². The van der Waals surface area contributed by atoms with Gasteiger partial charge in [-0.25, -0.2) is 0 Å². The summed E-state index contributed by atoms with van der Waals surface area (Å²) in [5.74, 6) is 0. The van der Waals surface area contributed by atoms with Crippen molar-refractivity contribution < 1.29 is 4.92 Å². The van der Waals surface area contributed by atoms with Gasteiger partial charge < -0.3 is 0 Å². The Morgan fingerprint density at radius 3 is 2.87 bits per heavy atom. The Kier molecular flexibility index (Phi) is 2.59. The van der Waals surface area contributed by atoms with Crippen LogP contribution in [0.4, 0.5) is 5.69 Å². The molecule has 0 aromatic heterocycles. The highest BCUT2D eigenvalue weighted by Crippen LogP contribution is 2.19. The molecule has 1 unspecified atom stereocenters. The highest BCUT2D eigenvalue weighted by atomic mass is 79.9. The summed E-state index contributed by atoms with van der Waals surface area (Å²) in [7, 11) is 0. The minimum atomic E-state index is -0.427. The molecule has 1 aromatic carbocycles. The van der Waals surface area contributed by atoms with Crippen molar-refractivity contribution in [3.05, 3.63) is 39.9 Å². The van der Waals surface area contributed by atoms with Gasteiger partial charge in [0.05, 0.1) is 15.5 Å². The zero-order valence-corrected chi connectivity index (χ0v) is 9.09. The zero-order valence-electron chi connectivity index (χ0n) is 7.50. The molecule has 0 radical (unpaired) electrons. The molecule has 0 saturated heterocycles. The topological polar surface area (TPSA) is 67.9 Å². The van der Waals surface area contributed by atoms with Crippen LogP contribution in [0.3, 0.4) is 0 Å². The molecule has 15 heavy (non-hydrogen) atoms. The second-order valence-electron chi connectivity index (χ2n) is 2.96. The summed E-state index contributed by atoms with van der Waals surface area (Å²) in [5, 5.41) is 18.2. The molecule has 0 bridgehead atoms. The number of alkyl halides is 1. The molecule has 0 spiro atoms. The maximum atomic E-state index is 10.6. The molecule has 0 aliphatic carbocycles. The monoisotopic (exact) mass is 267 g/mol. The standard InChI is InChI=1S/C9H6BrN3O2/c10-8-5-11-12-9(8)6-2-1-3-7(4-6)13(14)15/h1-5,8H. The first-order chi connectivity index (χ1) is 7.18. The molecule has 76 valence electrons. The van der Waals surface area contributed by atoms with Crippen molar-refractivity contribution >= 4 is 33.5 Å². The van der Waals surface area contributed by atoms with Crippen LogP contribution in [0, 0.1) is 10.1 Å². The lowest BCUT2D eigenvalue weighted by Gasteiger charge is -2.02. The van der Waals surface area contributed by atoms with Crippen molar-refractivity contribution in [2.24, 2.45) is 10.2 Å². The number of nitro groups is 1. The molecule has 1 atom stereocenters. The molecule has 1 aliphatic heterocycles. The first-order valence-electron chi connectivity index (χ1n) is 4.18. The van der Waals surface area contributed by atoms with E-state index >= 15 is 0 Å². The Balaban J connectivity index is 2.38. The smallest absolute Gasteiger partial charge is 0.258 e. The Hall–Kier alpha value is -1.56. The van der Waals surface area contributed by atoms with Crippen LogP contribution < -0.4 is 0 Å². The Morgan fingerprint density at radius 2 is 2.27 bits per heavy atom. The fourth-order valence-electron chi connectivity index (χ4n) is 1.28. The van der Waals surface area contributed by atoms with Gasteiger partial charge in [-0.05, 0) is 0 Å². The number of hydrogen-bond acceptors (Lipinski definition) is 4. The molecule has 5 nitrogen and oxygen atoms in total. The second-order valence-corrected chi connectivity index (χ2v) is 3.95. The van der Waals surface area contributed by atoms with Gasteiger partial charge >= 0.3 is 0 Å². The van der Waals surface area contributed by atoms with Gasteiger partial charge in [0.15, 0.2) is 0 Å². The molecule has 1 aromatic rings. The SMILES string of the molecule is O=[N+]([O-])c1cccc(C2=NN=CC2Br)c1. The molecule has 1 heterocycles. The molecule has 6 heteroatoms. The number of hydrogen-bond donors (Lipinski definition) is 0. The number of nitro benzene ring substituents is 1. The van der Waals surface area contributed by atoms with E-state index in [1.54, 1.807) is 18.3 Å². The Morgan fingerprint density at radius 1 is 1.47 bits per heavy atom. The number of rotatable bonds is 2. The summed E-state index contributed by atoms with van der Waals surface area (Å²) in [6.07, 6.45) is 1.63. The first-order valence-corrected chi connectivity index (χ1v) is 5.10. The lowest BCUT2D eigenvalue weighted by atomic mass is 10.1. The van der Waals surface area contributed by atoms with E-state index in [2.05, 4.69) is 26.1 Å². The van der Waals surface area contributed by atoms with Gasteiger partial charge in [0, 0.05) is 23.9 Å². The van der Waals surface area contributed by atoms with Gasteiger partial charge in [0.1, 0.15) is 0 Å². The van der Waals surface area contributed by atoms with Gasteiger partial charge in [0.2, 0.25) is 0 Å². The van der Waals surface area contributed by atoms with E-state index in [9.17, 15) is 10.1 Å². The Bertz CT molecular complexity index is 470. The molecule has 2 rings (SSSR count). The van der Waals surface area contributed by atoms with Crippen LogP contribution in [0.25, 0.3) is 0 Å². The van der Waals surface area contributed by atoms with Crippen LogP contribution in [0.15, 0.2) is 34.5 Å². The van der Waals surface area contributed by atoms with Gasteiger partial charge in [-0.3, -0.25) is 10.1 Å². The van der Waals surface area contributed by atoms with E-state index in [0.717, 1.165) is 0 Å². The zero-order chi connectivity index (χ0) is 10.8. The lowest BCUT2D eigenvalue weighted by Crippen LogP contribution is -2.12. The normalized spacial score (nSPS) is 19.0. The fourth-order valence-corrected chi connectivity index (χ4v) is 1.74. The van der Waals surface area contributed by atoms with Gasteiger partial charge in [-0.15, -0.1) is 0 Å². The number of nitrogens with zero attached hydrogens (tertiary/aromatic N) is 3. The van der Waals surface area contributed by atoms with Crippen molar-refractivity contribution in [3.8, 4) is 0 Å². The van der Waals surface area contributed by atoms with Crippen LogP contribution in [0.1, 0.15) is 5.56 Å². The average Bonchev–Trinajstić information content (AvgIpc) is 2.64. The third kappa shape index (κ3) is 1.94. The van der Waals surface area contributed by atoms with Crippen LogP contribution >= 0.6 is 15.9 Å². The lowest BCUT2D eigenvalue weighted by molar-refractivity contribution is -0.384. The van der Waals surface area contributed by atoms with Crippen molar-refractivity contribution in [1.82, 2.24) is 0 Å². The quantitative estimate of drug-likeness (QED) is 0.468. The second kappa shape index (κ2) is 3.90. The number of halogens is 1. The van der Waals surface area contributed by atoms with Crippen molar-refractivity contribution in [1.29, 1.82) is 0 Å². The minimum absolute atomic E-state index is 0.0572. The largest absolute Gasteiger partial charge is 0.270 e. The van der Waals surface area contributed by atoms with Gasteiger partial charge in [0.25, 0.3) is 5.69 Å². The molecule has 1 aliphatic rings. The highest BCUT2D eigenvalue weighted by Gasteiger charge is 2.18. The Labute approximate surface area is 93.8 Å². The highest BCUT2D eigenvalue weighted by molar-refractivity contribution is 9.10. The average molecular weight is 268 g/mol. The maximum absolute atomic E-state index is 10.6. The minimum Gasteiger partial charge on any atom is -0.258 e. The third-order valence-corrected chi connectivity index (χ3v) is 2.65. The predicted molar refractivity (Wildman–Crippen MR) is 60.8 cm³/mol. The van der Waals surface area contributed by atoms with Crippen LogP contribution in [0.5, 0.6) is 0 Å². The summed E-state index contributed by atoms with van der Waals surface area (Å²) < 4.78 is 0. The van der Waals surface area contributed by atoms with E-state index in [1.165, 1.54) is 12.1 Å². The van der Waals surface area contributed by atoms with Crippen molar-refractivity contribution in [2.45, 2.75) is 4.83 Å². The van der Waals surface area contributed by atoms with E-state index in [1.807, 2.05) is 0 Å². The summed E-state index contributed by atoms with van der Waals surface area (Å²) in [4.78, 5) is 10.1. The summed E-state index contributed by atoms with van der Waals surface area (Å²) >= 11 is 3.35. The van der Waals surface area contributed by atoms with E-state index in [4.69, 9.17) is 0 Å². The first kappa shape index (κ1) is 9.97. The number of non-ortho nitro benzene ring substituents is 1. The van der Waals surface area contributed by atoms with E-state index in [0.29, 0.717) is 11.3 Å². The van der Waals surface area contributed by atoms with Crippen molar-refractivity contribution in [3.63, 3.8) is 0 Å². The molecular formula is C9H6BrN3O2. The van der Waals surface area contributed by atoms with Crippen LogP contribution in [-0.2, 0) is 0 Å². The maximum Gasteiger partial charge on any atom is 0.270 e. The van der Waals surface area contributed by atoms with Crippen molar-refractivity contribution in [2.75, 3.05) is 0 Å². The molecule has 0 saturated carbocycles. The summed E-state index contributed by atoms with van der Waals surface area (Å²) in [6.45, 7) is 0. The summed E-state index contributed by atoms with van der Waals surface area (Å²) in [5.41, 5.74) is 1.46. The molecule has 0 N–H and O–H groups in total. The van der Waals surface area contributed by atoms with Gasteiger partial charge in [-0.2, -0.15) is 10.2 Å². The van der Waals surface area contributed by atoms with E-state index in [-0.39, 0.29) is 10.5 Å².